The summed E-state index contributed by atoms with van der Waals surface area (Å²) in [6.07, 6.45) is 5.33. The summed E-state index contributed by atoms with van der Waals surface area (Å²) in [5, 5.41) is 1.25. The molecule has 1 amide bonds. The molecule has 1 saturated heterocycles. The van der Waals surface area contributed by atoms with Gasteiger partial charge in [-0.2, -0.15) is 0 Å². The SMILES string of the molecule is CNS(=O)(=O)c1cc(C(=O)N2CCC(c3c[nH]c4ccccc34)CC2)n(C)c1. The van der Waals surface area contributed by atoms with E-state index in [4.69, 9.17) is 0 Å². The molecule has 0 unspecified atom stereocenters. The van der Waals surface area contributed by atoms with Crippen LogP contribution in [0.15, 0.2) is 47.6 Å². The number of likely N-dealkylation sites (tertiary alicyclic amines) is 1. The molecule has 0 saturated carbocycles. The molecular weight excluding hydrogens is 376 g/mol. The van der Waals surface area contributed by atoms with Crippen LogP contribution in [-0.4, -0.2) is 48.9 Å². The number of rotatable bonds is 4. The molecule has 0 bridgehead atoms. The van der Waals surface area contributed by atoms with Gasteiger partial charge < -0.3 is 14.5 Å². The number of benzene rings is 1. The second-order valence-corrected chi connectivity index (χ2v) is 9.12. The first-order valence-corrected chi connectivity index (χ1v) is 10.8. The minimum atomic E-state index is -3.57. The van der Waals surface area contributed by atoms with Crippen molar-refractivity contribution in [2.24, 2.45) is 7.05 Å². The number of sulfonamides is 1. The summed E-state index contributed by atoms with van der Waals surface area (Å²) in [5.74, 6) is 0.284. The number of carbonyl (C=O) groups is 1. The molecule has 1 aliphatic rings. The lowest BCUT2D eigenvalue weighted by Gasteiger charge is -2.32. The molecule has 4 rings (SSSR count). The van der Waals surface area contributed by atoms with E-state index in [1.807, 2.05) is 17.0 Å². The Morgan fingerprint density at radius 3 is 2.64 bits per heavy atom. The maximum atomic E-state index is 12.9. The van der Waals surface area contributed by atoms with Crippen molar-refractivity contribution < 1.29 is 13.2 Å². The summed E-state index contributed by atoms with van der Waals surface area (Å²) in [6.45, 7) is 1.31. The molecule has 0 aliphatic carbocycles. The molecule has 3 heterocycles. The number of amides is 1. The molecule has 2 aromatic heterocycles. The zero-order valence-corrected chi connectivity index (χ0v) is 16.8. The smallest absolute Gasteiger partial charge is 0.270 e. The molecule has 0 spiro atoms. The molecule has 7 nitrogen and oxygen atoms in total. The van der Waals surface area contributed by atoms with Crippen molar-refractivity contribution >= 4 is 26.8 Å². The van der Waals surface area contributed by atoms with E-state index in [2.05, 4.69) is 28.0 Å². The van der Waals surface area contributed by atoms with Gasteiger partial charge in [-0.1, -0.05) is 18.2 Å². The van der Waals surface area contributed by atoms with Gasteiger partial charge in [-0.3, -0.25) is 4.79 Å². The fourth-order valence-electron chi connectivity index (χ4n) is 4.00. The standard InChI is InChI=1S/C20H24N4O3S/c1-21-28(26,27)15-11-19(23(2)13-15)20(25)24-9-7-14(8-10-24)17-12-22-18-6-4-3-5-16(17)18/h3-6,11-14,21-22H,7-10H2,1-2H3. The second-order valence-electron chi connectivity index (χ2n) is 7.24. The van der Waals surface area contributed by atoms with Crippen molar-refractivity contribution in [2.45, 2.75) is 23.7 Å². The van der Waals surface area contributed by atoms with Crippen molar-refractivity contribution in [1.29, 1.82) is 0 Å². The summed E-state index contributed by atoms with van der Waals surface area (Å²) in [7, 11) is -0.513. The molecule has 8 heteroatoms. The first-order valence-electron chi connectivity index (χ1n) is 9.36. The molecule has 28 heavy (non-hydrogen) atoms. The maximum absolute atomic E-state index is 12.9. The third kappa shape index (κ3) is 3.22. The molecule has 3 aromatic rings. The number of H-pyrrole nitrogens is 1. The monoisotopic (exact) mass is 400 g/mol. The molecule has 1 aromatic carbocycles. The normalized spacial score (nSPS) is 16.0. The summed E-state index contributed by atoms with van der Waals surface area (Å²) >= 11 is 0. The predicted octanol–water partition coefficient (Wildman–Crippen LogP) is 2.43. The zero-order chi connectivity index (χ0) is 19.9. The highest BCUT2D eigenvalue weighted by Crippen LogP contribution is 2.33. The Morgan fingerprint density at radius 2 is 1.93 bits per heavy atom. The fourth-order valence-corrected chi connectivity index (χ4v) is 4.80. The van der Waals surface area contributed by atoms with Crippen molar-refractivity contribution in [2.75, 3.05) is 20.1 Å². The van der Waals surface area contributed by atoms with Gasteiger partial charge in [-0.15, -0.1) is 0 Å². The molecule has 1 fully saturated rings. The Bertz CT molecular complexity index is 1120. The van der Waals surface area contributed by atoms with Gasteiger partial charge in [0.2, 0.25) is 10.0 Å². The van der Waals surface area contributed by atoms with Gasteiger partial charge in [0.1, 0.15) is 10.6 Å². The van der Waals surface area contributed by atoms with Crippen LogP contribution >= 0.6 is 0 Å². The number of aryl methyl sites for hydroxylation is 1. The van der Waals surface area contributed by atoms with Gasteiger partial charge in [0.15, 0.2) is 0 Å². The summed E-state index contributed by atoms with van der Waals surface area (Å²) in [4.78, 5) is 18.2. The van der Waals surface area contributed by atoms with Gasteiger partial charge in [-0.25, -0.2) is 13.1 Å². The van der Waals surface area contributed by atoms with Gasteiger partial charge in [0.25, 0.3) is 5.91 Å². The maximum Gasteiger partial charge on any atom is 0.270 e. The number of nitrogens with zero attached hydrogens (tertiary/aromatic N) is 2. The third-order valence-electron chi connectivity index (χ3n) is 5.62. The number of nitrogens with one attached hydrogen (secondary N) is 2. The lowest BCUT2D eigenvalue weighted by Crippen LogP contribution is -2.38. The van der Waals surface area contributed by atoms with Crippen LogP contribution in [0.4, 0.5) is 0 Å². The number of carbonyl (C=O) groups excluding carboxylic acids is 1. The second kappa shape index (κ2) is 7.10. The van der Waals surface area contributed by atoms with E-state index in [0.717, 1.165) is 18.4 Å². The minimum absolute atomic E-state index is 0.106. The molecular formula is C20H24N4O3S. The highest BCUT2D eigenvalue weighted by Gasteiger charge is 2.28. The summed E-state index contributed by atoms with van der Waals surface area (Å²) in [6, 6.07) is 9.72. The number of hydrogen-bond donors (Lipinski definition) is 2. The number of hydrogen-bond acceptors (Lipinski definition) is 3. The van der Waals surface area contributed by atoms with E-state index in [9.17, 15) is 13.2 Å². The number of aromatic amines is 1. The van der Waals surface area contributed by atoms with Crippen LogP contribution in [0.2, 0.25) is 0 Å². The number of para-hydroxylation sites is 1. The summed E-state index contributed by atoms with van der Waals surface area (Å²) < 4.78 is 27.9. The van der Waals surface area contributed by atoms with Crippen molar-refractivity contribution in [3.8, 4) is 0 Å². The minimum Gasteiger partial charge on any atom is -0.361 e. The number of aromatic nitrogens is 2. The molecule has 0 atom stereocenters. The largest absolute Gasteiger partial charge is 0.361 e. The summed E-state index contributed by atoms with van der Waals surface area (Å²) in [5.41, 5.74) is 2.83. The third-order valence-corrected chi connectivity index (χ3v) is 7.00. The average Bonchev–Trinajstić information content (AvgIpc) is 3.32. The molecule has 1 aliphatic heterocycles. The van der Waals surface area contributed by atoms with Gasteiger partial charge >= 0.3 is 0 Å². The highest BCUT2D eigenvalue weighted by atomic mass is 32.2. The van der Waals surface area contributed by atoms with Crippen molar-refractivity contribution in [3.63, 3.8) is 0 Å². The first-order chi connectivity index (χ1) is 13.4. The molecule has 0 radical (unpaired) electrons. The van der Waals surface area contributed by atoms with Crippen LogP contribution in [0.5, 0.6) is 0 Å². The van der Waals surface area contributed by atoms with Crippen molar-refractivity contribution in [3.05, 3.63) is 54.0 Å². The van der Waals surface area contributed by atoms with Crippen LogP contribution in [0.1, 0.15) is 34.8 Å². The Hall–Kier alpha value is -2.58. The van der Waals surface area contributed by atoms with E-state index in [1.165, 1.54) is 30.3 Å². The Labute approximate surface area is 164 Å². The average molecular weight is 401 g/mol. The lowest BCUT2D eigenvalue weighted by atomic mass is 9.89. The quantitative estimate of drug-likeness (QED) is 0.705. The Morgan fingerprint density at radius 1 is 1.21 bits per heavy atom. The van der Waals surface area contributed by atoms with Gasteiger partial charge in [0, 0.05) is 43.4 Å². The highest BCUT2D eigenvalue weighted by molar-refractivity contribution is 7.89. The fraction of sp³-hybridized carbons (Fsp3) is 0.350. The predicted molar refractivity (Wildman–Crippen MR) is 108 cm³/mol. The van der Waals surface area contributed by atoms with E-state index < -0.39 is 10.0 Å². The van der Waals surface area contributed by atoms with Gasteiger partial charge in [-0.05, 0) is 43.5 Å². The van der Waals surface area contributed by atoms with Crippen LogP contribution < -0.4 is 4.72 Å². The van der Waals surface area contributed by atoms with Crippen LogP contribution in [0.3, 0.4) is 0 Å². The van der Waals surface area contributed by atoms with Crippen LogP contribution in [0, 0.1) is 0 Å². The van der Waals surface area contributed by atoms with Crippen LogP contribution in [0.25, 0.3) is 10.9 Å². The van der Waals surface area contributed by atoms with Crippen LogP contribution in [-0.2, 0) is 17.1 Å². The lowest BCUT2D eigenvalue weighted by molar-refractivity contribution is 0.0703. The van der Waals surface area contributed by atoms with E-state index in [1.54, 1.807) is 11.6 Å². The topological polar surface area (TPSA) is 87.2 Å². The Kier molecular flexibility index (Phi) is 4.76. The van der Waals surface area contributed by atoms with E-state index in [-0.39, 0.29) is 10.8 Å². The van der Waals surface area contributed by atoms with Crippen molar-refractivity contribution in [1.82, 2.24) is 19.2 Å². The number of fused-ring (bicyclic) bond motifs is 1. The number of piperidine rings is 1. The van der Waals surface area contributed by atoms with E-state index in [0.29, 0.717) is 24.7 Å². The molecule has 148 valence electrons. The van der Waals surface area contributed by atoms with E-state index >= 15 is 0 Å². The Balaban J connectivity index is 1.49. The van der Waals surface area contributed by atoms with Gasteiger partial charge in [0.05, 0.1) is 0 Å². The zero-order valence-electron chi connectivity index (χ0n) is 16.0. The molecule has 2 N–H and O–H groups in total. The first kappa shape index (κ1) is 18.8.